The van der Waals surface area contributed by atoms with Crippen molar-refractivity contribution in [2.75, 3.05) is 4.90 Å². The summed E-state index contributed by atoms with van der Waals surface area (Å²) in [6.07, 6.45) is 0. The number of hydrogen-bond acceptors (Lipinski definition) is 2. The number of furan rings is 1. The van der Waals surface area contributed by atoms with Crippen LogP contribution in [0.3, 0.4) is 0 Å². The maximum absolute atomic E-state index is 14.7. The van der Waals surface area contributed by atoms with Crippen LogP contribution in [0.4, 0.5) is 21.5 Å². The van der Waals surface area contributed by atoms with Gasteiger partial charge in [-0.2, -0.15) is 0 Å². The zero-order chi connectivity index (χ0) is 41.1. The fourth-order valence-corrected chi connectivity index (χ4v) is 9.25. The van der Waals surface area contributed by atoms with Crippen molar-refractivity contribution >= 4 is 71.6 Å². The molecule has 0 N–H and O–H groups in total. The molecule has 0 aliphatic heterocycles. The average molecular weight is 797 g/mol. The molecule has 0 fully saturated rings. The molecule has 2 heterocycles. The van der Waals surface area contributed by atoms with Crippen molar-refractivity contribution in [3.05, 3.63) is 230 Å². The third kappa shape index (κ3) is 6.03. The van der Waals surface area contributed by atoms with Crippen LogP contribution in [0.1, 0.15) is 0 Å². The lowest BCUT2D eigenvalue weighted by molar-refractivity contribution is 0.629. The number of hydrogen-bond donors (Lipinski definition) is 0. The highest BCUT2D eigenvalue weighted by molar-refractivity contribution is 6.10. The van der Waals surface area contributed by atoms with Crippen LogP contribution in [-0.4, -0.2) is 4.57 Å². The van der Waals surface area contributed by atoms with E-state index < -0.39 is 0 Å². The lowest BCUT2D eigenvalue weighted by atomic mass is 9.99. The number of para-hydroxylation sites is 3. The minimum Gasteiger partial charge on any atom is -0.455 e. The molecule has 4 heteroatoms. The summed E-state index contributed by atoms with van der Waals surface area (Å²) in [4.78, 5) is 2.32. The van der Waals surface area contributed by atoms with Crippen LogP contribution >= 0.6 is 0 Å². The molecule has 0 radical (unpaired) electrons. The van der Waals surface area contributed by atoms with Gasteiger partial charge in [0.1, 0.15) is 17.0 Å². The third-order valence-electron chi connectivity index (χ3n) is 12.2. The normalized spacial score (nSPS) is 11.6. The molecular weight excluding hydrogens is 760 g/mol. The Labute approximate surface area is 357 Å². The van der Waals surface area contributed by atoms with E-state index in [9.17, 15) is 4.39 Å². The summed E-state index contributed by atoms with van der Waals surface area (Å²) in [6, 6.07) is 78.0. The molecule has 292 valence electrons. The predicted molar refractivity (Wildman–Crippen MR) is 257 cm³/mol. The molecule has 0 aliphatic carbocycles. The second kappa shape index (κ2) is 14.5. The Hall–Kier alpha value is -8.21. The van der Waals surface area contributed by atoms with Crippen LogP contribution in [0.15, 0.2) is 229 Å². The van der Waals surface area contributed by atoms with Crippen LogP contribution in [0.25, 0.3) is 93.6 Å². The van der Waals surface area contributed by atoms with Gasteiger partial charge in [-0.1, -0.05) is 140 Å². The van der Waals surface area contributed by atoms with Crippen molar-refractivity contribution in [1.29, 1.82) is 0 Å². The monoisotopic (exact) mass is 796 g/mol. The van der Waals surface area contributed by atoms with Gasteiger partial charge in [0, 0.05) is 49.9 Å². The molecule has 0 bridgehead atoms. The van der Waals surface area contributed by atoms with Gasteiger partial charge in [-0.3, -0.25) is 0 Å². The second-order valence-electron chi connectivity index (χ2n) is 15.9. The van der Waals surface area contributed by atoms with Gasteiger partial charge in [0.05, 0.1) is 11.0 Å². The first-order valence-electron chi connectivity index (χ1n) is 20.9. The van der Waals surface area contributed by atoms with Crippen LogP contribution in [0.5, 0.6) is 0 Å². The molecule has 3 nitrogen and oxygen atoms in total. The van der Waals surface area contributed by atoms with Crippen LogP contribution in [0.2, 0.25) is 0 Å². The minimum absolute atomic E-state index is 0.251. The number of benzene rings is 10. The number of halogens is 1. The summed E-state index contributed by atoms with van der Waals surface area (Å²) in [5.41, 5.74) is 14.4. The van der Waals surface area contributed by atoms with E-state index >= 15 is 0 Å². The fraction of sp³-hybridized carbons (Fsp3) is 0. The smallest absolute Gasteiger partial charge is 0.143 e. The van der Waals surface area contributed by atoms with E-state index in [2.05, 4.69) is 191 Å². The lowest BCUT2D eigenvalue weighted by Crippen LogP contribution is -2.10. The predicted octanol–water partition coefficient (Wildman–Crippen LogP) is 16.4. The van der Waals surface area contributed by atoms with Crippen molar-refractivity contribution in [3.63, 3.8) is 0 Å². The maximum Gasteiger partial charge on any atom is 0.143 e. The molecule has 0 aliphatic rings. The van der Waals surface area contributed by atoms with Crippen molar-refractivity contribution in [2.45, 2.75) is 0 Å². The largest absolute Gasteiger partial charge is 0.455 e. The zero-order valence-corrected chi connectivity index (χ0v) is 33.5. The molecular formula is C58H37FN2O. The van der Waals surface area contributed by atoms with Crippen molar-refractivity contribution in [1.82, 2.24) is 4.57 Å². The van der Waals surface area contributed by atoms with E-state index in [0.29, 0.717) is 0 Å². The van der Waals surface area contributed by atoms with Gasteiger partial charge >= 0.3 is 0 Å². The molecule has 0 amide bonds. The molecule has 0 atom stereocenters. The molecule has 0 saturated heterocycles. The van der Waals surface area contributed by atoms with E-state index in [1.807, 2.05) is 30.3 Å². The van der Waals surface area contributed by atoms with E-state index in [1.165, 1.54) is 22.4 Å². The summed E-state index contributed by atoms with van der Waals surface area (Å²) in [7, 11) is 0. The fourth-order valence-electron chi connectivity index (χ4n) is 9.25. The van der Waals surface area contributed by atoms with Crippen molar-refractivity contribution in [3.8, 4) is 39.1 Å². The van der Waals surface area contributed by atoms with Gasteiger partial charge in [0.2, 0.25) is 0 Å². The van der Waals surface area contributed by atoms with Gasteiger partial charge in [0.25, 0.3) is 0 Å². The first-order chi connectivity index (χ1) is 30.6. The molecule has 10 aromatic carbocycles. The zero-order valence-electron chi connectivity index (χ0n) is 33.5. The molecule has 12 rings (SSSR count). The minimum atomic E-state index is -0.251. The van der Waals surface area contributed by atoms with Gasteiger partial charge in [-0.25, -0.2) is 4.39 Å². The van der Waals surface area contributed by atoms with E-state index in [-0.39, 0.29) is 5.82 Å². The first-order valence-corrected chi connectivity index (χ1v) is 20.9. The number of anilines is 3. The number of nitrogens with zero attached hydrogens (tertiary/aromatic N) is 2. The lowest BCUT2D eigenvalue weighted by Gasteiger charge is -2.26. The summed E-state index contributed by atoms with van der Waals surface area (Å²) >= 11 is 0. The number of rotatable bonds is 7. The highest BCUT2D eigenvalue weighted by atomic mass is 19.1. The van der Waals surface area contributed by atoms with Crippen molar-refractivity contribution in [2.24, 2.45) is 0 Å². The van der Waals surface area contributed by atoms with Crippen molar-refractivity contribution < 1.29 is 8.81 Å². The summed E-state index contributed by atoms with van der Waals surface area (Å²) < 4.78 is 23.3. The standard InChI is InChI=1S/C58H37FN2O/c59-45-28-33-52-51-16-3-5-20-55(51)61(56(52)37-45)49-15-7-12-42(35-49)39-24-29-46(30-25-39)60(48-14-8-13-43(36-48)44-23-22-38-10-1-2-11-41(38)34-44)47-31-26-40(27-32-47)50-18-9-19-54-53-17-4-6-21-57(53)62-58(50)54/h1-37H. The Balaban J connectivity index is 0.947. The highest BCUT2D eigenvalue weighted by Gasteiger charge is 2.18. The van der Waals surface area contributed by atoms with Gasteiger partial charge in [0.15, 0.2) is 0 Å². The van der Waals surface area contributed by atoms with Crippen LogP contribution < -0.4 is 4.90 Å². The van der Waals surface area contributed by atoms with Gasteiger partial charge in [-0.05, 0) is 124 Å². The Morgan fingerprint density at radius 2 is 1.00 bits per heavy atom. The molecule has 0 spiro atoms. The maximum atomic E-state index is 14.7. The number of aromatic nitrogens is 1. The second-order valence-corrected chi connectivity index (χ2v) is 15.9. The molecule has 12 aromatic rings. The van der Waals surface area contributed by atoms with Gasteiger partial charge < -0.3 is 13.9 Å². The van der Waals surface area contributed by atoms with Crippen LogP contribution in [-0.2, 0) is 0 Å². The highest BCUT2D eigenvalue weighted by Crippen LogP contribution is 2.41. The SMILES string of the molecule is Fc1ccc2c3ccccc3n(-c3cccc(-c4ccc(N(c5ccc(-c6cccc7c6oc6ccccc67)cc5)c5cccc(-c6ccc7ccccc7c6)c5)cc4)c3)c2c1. The Morgan fingerprint density at radius 3 is 1.84 bits per heavy atom. The first kappa shape index (κ1) is 35.7. The topological polar surface area (TPSA) is 21.3 Å². The summed E-state index contributed by atoms with van der Waals surface area (Å²) in [6.45, 7) is 0. The van der Waals surface area contributed by atoms with E-state index in [4.69, 9.17) is 4.42 Å². The Kier molecular flexibility index (Phi) is 8.36. The average Bonchev–Trinajstić information content (AvgIpc) is 3.88. The summed E-state index contributed by atoms with van der Waals surface area (Å²) in [5.74, 6) is -0.251. The molecule has 0 unspecified atom stereocenters. The molecule has 62 heavy (non-hydrogen) atoms. The quantitative estimate of drug-likeness (QED) is 0.160. The summed E-state index contributed by atoms with van der Waals surface area (Å²) in [5, 5.41) is 6.80. The molecule has 2 aromatic heterocycles. The Bertz CT molecular complexity index is 3650. The van der Waals surface area contributed by atoms with E-state index in [1.54, 1.807) is 6.07 Å². The Morgan fingerprint density at radius 1 is 0.371 bits per heavy atom. The molecule has 0 saturated carbocycles. The van der Waals surface area contributed by atoms with Crippen LogP contribution in [0, 0.1) is 5.82 Å². The van der Waals surface area contributed by atoms with E-state index in [0.717, 1.165) is 94.3 Å². The number of fused-ring (bicyclic) bond motifs is 7. The third-order valence-corrected chi connectivity index (χ3v) is 12.2. The van der Waals surface area contributed by atoms with Gasteiger partial charge in [-0.15, -0.1) is 0 Å².